The van der Waals surface area contributed by atoms with Crippen molar-refractivity contribution in [2.24, 2.45) is 0 Å². The monoisotopic (exact) mass is 410 g/mol. The van der Waals surface area contributed by atoms with Crippen LogP contribution in [0, 0.1) is 0 Å². The molecule has 3 aromatic rings. The summed E-state index contributed by atoms with van der Waals surface area (Å²) < 4.78 is 27.1. The molecule has 2 aromatic carbocycles. The zero-order valence-electron chi connectivity index (χ0n) is 15.8. The van der Waals surface area contributed by atoms with Gasteiger partial charge in [0.05, 0.1) is 15.9 Å². The van der Waals surface area contributed by atoms with Crippen LogP contribution in [0.25, 0.3) is 11.0 Å². The number of aromatic nitrogens is 2. The van der Waals surface area contributed by atoms with Crippen LogP contribution in [0.1, 0.15) is 54.2 Å². The molecular weight excluding hydrogens is 388 g/mol. The van der Waals surface area contributed by atoms with E-state index in [2.05, 4.69) is 20.0 Å². The van der Waals surface area contributed by atoms with Gasteiger partial charge in [0, 0.05) is 23.2 Å². The molecule has 0 radical (unpaired) electrons. The highest BCUT2D eigenvalue weighted by Crippen LogP contribution is 2.35. The maximum Gasteiger partial charge on any atom is 0.255 e. The first-order valence-electron chi connectivity index (χ1n) is 9.91. The quantitative estimate of drug-likeness (QED) is 0.578. The lowest BCUT2D eigenvalue weighted by Gasteiger charge is -2.22. The van der Waals surface area contributed by atoms with E-state index in [1.54, 1.807) is 0 Å². The number of anilines is 1. The Morgan fingerprint density at radius 2 is 1.79 bits per heavy atom. The molecular formula is C21H22N4O3S. The molecule has 0 bridgehead atoms. The summed E-state index contributed by atoms with van der Waals surface area (Å²) in [6.45, 7) is 0. The van der Waals surface area contributed by atoms with Crippen LogP contribution in [0.5, 0.6) is 0 Å². The van der Waals surface area contributed by atoms with E-state index in [0.29, 0.717) is 17.2 Å². The van der Waals surface area contributed by atoms with E-state index in [1.165, 1.54) is 43.5 Å². The Labute approximate surface area is 169 Å². The Balaban J connectivity index is 1.30. The third-order valence-corrected chi connectivity index (χ3v) is 7.11. The molecule has 0 aliphatic heterocycles. The van der Waals surface area contributed by atoms with Crippen LogP contribution in [0.4, 0.5) is 5.69 Å². The number of nitrogens with one attached hydrogen (secondary N) is 3. The van der Waals surface area contributed by atoms with Gasteiger partial charge >= 0.3 is 0 Å². The summed E-state index contributed by atoms with van der Waals surface area (Å²) in [7, 11) is -3.52. The SMILES string of the molecule is O=C(Nc1ccc2nc(C3CCC3)[nH]c2c1)c1ccc(S(=O)(=O)NC2CC2)cc1. The molecule has 0 saturated heterocycles. The molecule has 0 spiro atoms. The van der Waals surface area contributed by atoms with Crippen LogP contribution in [0.3, 0.4) is 0 Å². The van der Waals surface area contributed by atoms with Crippen LogP contribution in [-0.4, -0.2) is 30.3 Å². The van der Waals surface area contributed by atoms with Gasteiger partial charge in [0.1, 0.15) is 5.82 Å². The maximum atomic E-state index is 12.6. The van der Waals surface area contributed by atoms with Gasteiger partial charge in [0.15, 0.2) is 0 Å². The second-order valence-electron chi connectivity index (χ2n) is 7.86. The van der Waals surface area contributed by atoms with E-state index >= 15 is 0 Å². The van der Waals surface area contributed by atoms with E-state index in [1.807, 2.05) is 18.2 Å². The summed E-state index contributed by atoms with van der Waals surface area (Å²) in [4.78, 5) is 20.7. The van der Waals surface area contributed by atoms with Gasteiger partial charge in [-0.05, 0) is 68.1 Å². The van der Waals surface area contributed by atoms with E-state index in [-0.39, 0.29) is 16.8 Å². The third kappa shape index (κ3) is 3.77. The van der Waals surface area contributed by atoms with Crippen molar-refractivity contribution in [1.82, 2.24) is 14.7 Å². The van der Waals surface area contributed by atoms with Gasteiger partial charge < -0.3 is 10.3 Å². The van der Waals surface area contributed by atoms with Gasteiger partial charge in [0.25, 0.3) is 5.91 Å². The number of imidazole rings is 1. The van der Waals surface area contributed by atoms with Gasteiger partial charge in [-0.25, -0.2) is 18.1 Å². The fourth-order valence-corrected chi connectivity index (χ4v) is 4.76. The molecule has 1 amide bonds. The van der Waals surface area contributed by atoms with Crippen molar-refractivity contribution in [2.75, 3.05) is 5.32 Å². The van der Waals surface area contributed by atoms with Crippen molar-refractivity contribution in [3.05, 3.63) is 53.9 Å². The fraction of sp³-hybridized carbons (Fsp3) is 0.333. The molecule has 8 heteroatoms. The van der Waals surface area contributed by atoms with Crippen LogP contribution in [-0.2, 0) is 10.0 Å². The normalized spacial score (nSPS) is 17.2. The number of sulfonamides is 1. The van der Waals surface area contributed by atoms with Crippen molar-refractivity contribution < 1.29 is 13.2 Å². The topological polar surface area (TPSA) is 104 Å². The Bertz CT molecular complexity index is 1180. The molecule has 5 rings (SSSR count). The molecule has 2 saturated carbocycles. The minimum atomic E-state index is -3.52. The third-order valence-electron chi connectivity index (χ3n) is 5.58. The minimum absolute atomic E-state index is 0.0465. The molecule has 7 nitrogen and oxygen atoms in total. The number of aromatic amines is 1. The highest BCUT2D eigenvalue weighted by atomic mass is 32.2. The van der Waals surface area contributed by atoms with E-state index < -0.39 is 10.0 Å². The summed E-state index contributed by atoms with van der Waals surface area (Å²) in [5, 5.41) is 2.87. The van der Waals surface area contributed by atoms with Crippen molar-refractivity contribution in [3.8, 4) is 0 Å². The smallest absolute Gasteiger partial charge is 0.255 e. The number of amides is 1. The molecule has 3 N–H and O–H groups in total. The van der Waals surface area contributed by atoms with Crippen LogP contribution < -0.4 is 10.0 Å². The molecule has 1 heterocycles. The van der Waals surface area contributed by atoms with Gasteiger partial charge in [-0.1, -0.05) is 6.42 Å². The van der Waals surface area contributed by atoms with E-state index in [9.17, 15) is 13.2 Å². The Hall–Kier alpha value is -2.71. The number of nitrogens with zero attached hydrogens (tertiary/aromatic N) is 1. The second kappa shape index (κ2) is 6.96. The van der Waals surface area contributed by atoms with Gasteiger partial charge in [0.2, 0.25) is 10.0 Å². The zero-order valence-corrected chi connectivity index (χ0v) is 16.6. The molecule has 0 unspecified atom stereocenters. The lowest BCUT2D eigenvalue weighted by atomic mass is 9.85. The first-order valence-corrected chi connectivity index (χ1v) is 11.4. The highest BCUT2D eigenvalue weighted by molar-refractivity contribution is 7.89. The summed E-state index contributed by atoms with van der Waals surface area (Å²) in [5.74, 6) is 1.25. The average Bonchev–Trinajstić information content (AvgIpc) is 3.36. The second-order valence-corrected chi connectivity index (χ2v) is 9.57. The first kappa shape index (κ1) is 18.3. The zero-order chi connectivity index (χ0) is 20.0. The number of benzene rings is 2. The number of H-pyrrole nitrogens is 1. The lowest BCUT2D eigenvalue weighted by Crippen LogP contribution is -2.25. The van der Waals surface area contributed by atoms with Crippen molar-refractivity contribution in [1.29, 1.82) is 0 Å². The van der Waals surface area contributed by atoms with Gasteiger partial charge in [-0.15, -0.1) is 0 Å². The Morgan fingerprint density at radius 1 is 1.03 bits per heavy atom. The summed E-state index contributed by atoms with van der Waals surface area (Å²) in [6.07, 6.45) is 5.35. The Kier molecular flexibility index (Phi) is 4.40. The molecule has 150 valence electrons. The van der Waals surface area contributed by atoms with Gasteiger partial charge in [-0.2, -0.15) is 0 Å². The predicted octanol–water partition coefficient (Wildman–Crippen LogP) is 3.52. The molecule has 2 aliphatic carbocycles. The first-order chi connectivity index (χ1) is 14.0. The van der Waals surface area contributed by atoms with Crippen molar-refractivity contribution in [3.63, 3.8) is 0 Å². The standard InChI is InChI=1S/C21H22N4O3S/c26-21(14-4-9-17(10-5-14)29(27,28)25-15-6-7-15)22-16-8-11-18-19(12-16)24-20(23-18)13-2-1-3-13/h4-5,8-13,15,25H,1-3,6-7H2,(H,22,26)(H,23,24). The molecule has 0 atom stereocenters. The summed E-state index contributed by atoms with van der Waals surface area (Å²) in [5.41, 5.74) is 2.86. The van der Waals surface area contributed by atoms with Crippen LogP contribution in [0.15, 0.2) is 47.4 Å². The Morgan fingerprint density at radius 3 is 2.45 bits per heavy atom. The number of rotatable bonds is 6. The molecule has 1 aromatic heterocycles. The summed E-state index contributed by atoms with van der Waals surface area (Å²) >= 11 is 0. The molecule has 29 heavy (non-hydrogen) atoms. The van der Waals surface area contributed by atoms with Crippen molar-refractivity contribution in [2.45, 2.75) is 49.0 Å². The van der Waals surface area contributed by atoms with E-state index in [4.69, 9.17) is 0 Å². The van der Waals surface area contributed by atoms with Crippen LogP contribution >= 0.6 is 0 Å². The fourth-order valence-electron chi connectivity index (χ4n) is 3.46. The highest BCUT2D eigenvalue weighted by Gasteiger charge is 2.28. The number of carbonyl (C=O) groups excluding carboxylic acids is 1. The number of hydrogen-bond donors (Lipinski definition) is 3. The maximum absolute atomic E-state index is 12.6. The summed E-state index contributed by atoms with van der Waals surface area (Å²) in [6, 6.07) is 11.6. The number of fused-ring (bicyclic) bond motifs is 1. The largest absolute Gasteiger partial charge is 0.342 e. The molecule has 2 aliphatic rings. The minimum Gasteiger partial charge on any atom is -0.342 e. The van der Waals surface area contributed by atoms with Crippen LogP contribution in [0.2, 0.25) is 0 Å². The predicted molar refractivity (Wildman–Crippen MR) is 110 cm³/mol. The van der Waals surface area contributed by atoms with Gasteiger partial charge in [-0.3, -0.25) is 4.79 Å². The van der Waals surface area contributed by atoms with E-state index in [0.717, 1.165) is 29.7 Å². The number of hydrogen-bond acceptors (Lipinski definition) is 4. The average molecular weight is 410 g/mol. The number of carbonyl (C=O) groups is 1. The van der Waals surface area contributed by atoms with Crippen molar-refractivity contribution >= 4 is 32.7 Å². The molecule has 2 fully saturated rings. The lowest BCUT2D eigenvalue weighted by molar-refractivity contribution is 0.102.